The maximum Gasteiger partial charge on any atom is 0.233 e. The van der Waals surface area contributed by atoms with Gasteiger partial charge in [-0.05, 0) is 55.5 Å². The van der Waals surface area contributed by atoms with Crippen LogP contribution in [0.4, 0.5) is 0 Å². The molecular weight excluding hydrogens is 248 g/mol. The smallest absolute Gasteiger partial charge is 0.233 e. The van der Waals surface area contributed by atoms with Crippen LogP contribution >= 0.6 is 0 Å². The van der Waals surface area contributed by atoms with E-state index in [1.54, 1.807) is 12.1 Å². The summed E-state index contributed by atoms with van der Waals surface area (Å²) in [6.45, 7) is 0.721. The Labute approximate surface area is 120 Å². The first-order valence-corrected chi connectivity index (χ1v) is 7.03. The average molecular weight is 267 g/mol. The van der Waals surface area contributed by atoms with E-state index in [1.807, 2.05) is 24.5 Å². The van der Waals surface area contributed by atoms with Crippen LogP contribution in [0.15, 0.2) is 54.6 Å². The molecule has 0 bridgehead atoms. The normalized spacial score (nSPS) is 10.2. The van der Waals surface area contributed by atoms with E-state index in [1.165, 1.54) is 12.0 Å². The summed E-state index contributed by atoms with van der Waals surface area (Å²) in [7, 11) is 0. The lowest BCUT2D eigenvalue weighted by Crippen LogP contribution is -1.98. The van der Waals surface area contributed by atoms with E-state index >= 15 is 0 Å². The fraction of sp³-hybridized carbons (Fsp3) is 0.278. The van der Waals surface area contributed by atoms with Crippen LogP contribution in [0, 0.1) is 0 Å². The Balaban J connectivity index is 1.58. The summed E-state index contributed by atoms with van der Waals surface area (Å²) >= 11 is 0. The van der Waals surface area contributed by atoms with Gasteiger partial charge in [0, 0.05) is 5.56 Å². The molecule has 0 aromatic heterocycles. The maximum atomic E-state index is 10.4. The minimum absolute atomic E-state index is 0.556. The van der Waals surface area contributed by atoms with Crippen molar-refractivity contribution in [3.05, 3.63) is 65.7 Å². The van der Waals surface area contributed by atoms with Crippen LogP contribution in [0.2, 0.25) is 0 Å². The molecule has 0 amide bonds. The van der Waals surface area contributed by atoms with Gasteiger partial charge in [0.2, 0.25) is 6.29 Å². The lowest BCUT2D eigenvalue weighted by molar-refractivity contribution is 0.305. The van der Waals surface area contributed by atoms with Crippen LogP contribution in [-0.4, -0.2) is 12.9 Å². The number of hydrogen-bond donors (Lipinski definition) is 0. The highest BCUT2D eigenvalue weighted by Crippen LogP contribution is 2.12. The molecule has 2 aromatic carbocycles. The largest absolute Gasteiger partial charge is 0.494 e. The summed E-state index contributed by atoms with van der Waals surface area (Å²) in [4.78, 5) is 10.4. The molecule has 103 valence electrons. The molecule has 0 atom stereocenters. The van der Waals surface area contributed by atoms with Gasteiger partial charge in [-0.15, -0.1) is 0 Å². The van der Waals surface area contributed by atoms with E-state index < -0.39 is 0 Å². The maximum absolute atomic E-state index is 10.4. The summed E-state index contributed by atoms with van der Waals surface area (Å²) in [6.07, 6.45) is 6.38. The Morgan fingerprint density at radius 1 is 0.850 bits per heavy atom. The Kier molecular flexibility index (Phi) is 5.84. The summed E-state index contributed by atoms with van der Waals surface area (Å²) in [5.41, 5.74) is 1.95. The number of unbranched alkanes of at least 4 members (excludes halogenated alkanes) is 2. The third-order valence-electron chi connectivity index (χ3n) is 3.19. The molecule has 0 aliphatic heterocycles. The first kappa shape index (κ1) is 14.3. The van der Waals surface area contributed by atoms with Gasteiger partial charge in [0.25, 0.3) is 0 Å². The molecule has 0 fully saturated rings. The van der Waals surface area contributed by atoms with Gasteiger partial charge in [-0.3, -0.25) is 4.79 Å². The van der Waals surface area contributed by atoms with Crippen LogP contribution in [0.1, 0.15) is 30.4 Å². The highest BCUT2D eigenvalue weighted by atomic mass is 16.5. The topological polar surface area (TPSA) is 26.3 Å². The lowest BCUT2D eigenvalue weighted by Gasteiger charge is -2.06. The van der Waals surface area contributed by atoms with Crippen molar-refractivity contribution in [2.24, 2.45) is 0 Å². The molecule has 0 spiro atoms. The zero-order chi connectivity index (χ0) is 14.0. The van der Waals surface area contributed by atoms with Crippen molar-refractivity contribution in [3.8, 4) is 5.75 Å². The summed E-state index contributed by atoms with van der Waals surface area (Å²) in [5.74, 6) is 0.812. The molecule has 0 heterocycles. The first-order valence-electron chi connectivity index (χ1n) is 7.03. The summed E-state index contributed by atoms with van der Waals surface area (Å²) in [6, 6.07) is 17.6. The van der Waals surface area contributed by atoms with Gasteiger partial charge < -0.3 is 4.74 Å². The van der Waals surface area contributed by atoms with Crippen molar-refractivity contribution in [2.45, 2.75) is 25.7 Å². The molecule has 0 aliphatic rings. The predicted octanol–water partition coefficient (Wildman–Crippen LogP) is 3.94. The van der Waals surface area contributed by atoms with E-state index in [-0.39, 0.29) is 0 Å². The summed E-state index contributed by atoms with van der Waals surface area (Å²) in [5, 5.41) is 0. The standard InChI is InChI=1S/C18H19O2/c19-15-17-10-12-18(13-11-17)20-14-6-2-5-9-16-7-3-1-4-8-16/h1,3-4,7-8,10-13H,2,5-6,9,14H2. The Hall–Kier alpha value is -2.09. The van der Waals surface area contributed by atoms with Crippen LogP contribution in [-0.2, 0) is 11.2 Å². The van der Waals surface area contributed by atoms with Crippen molar-refractivity contribution >= 4 is 6.29 Å². The second-order valence-electron chi connectivity index (χ2n) is 4.77. The van der Waals surface area contributed by atoms with Crippen LogP contribution < -0.4 is 4.74 Å². The number of aryl methyl sites for hydroxylation is 1. The minimum Gasteiger partial charge on any atom is -0.494 e. The predicted molar refractivity (Wildman–Crippen MR) is 80.7 cm³/mol. The van der Waals surface area contributed by atoms with E-state index in [9.17, 15) is 4.79 Å². The molecule has 0 unspecified atom stereocenters. The van der Waals surface area contributed by atoms with Crippen molar-refractivity contribution in [3.63, 3.8) is 0 Å². The monoisotopic (exact) mass is 267 g/mol. The SMILES string of the molecule is O=[C]c1ccc(OCCCCCc2ccccc2)cc1. The van der Waals surface area contributed by atoms with E-state index in [0.29, 0.717) is 5.56 Å². The van der Waals surface area contributed by atoms with E-state index in [4.69, 9.17) is 4.74 Å². The molecule has 1 radical (unpaired) electrons. The van der Waals surface area contributed by atoms with Crippen molar-refractivity contribution in [2.75, 3.05) is 6.61 Å². The second kappa shape index (κ2) is 8.16. The molecular formula is C18H19O2. The number of ether oxygens (including phenoxy) is 1. The highest BCUT2D eigenvalue weighted by molar-refractivity contribution is 5.75. The van der Waals surface area contributed by atoms with Gasteiger partial charge in [0.1, 0.15) is 5.75 Å². The molecule has 2 nitrogen and oxygen atoms in total. The minimum atomic E-state index is 0.556. The lowest BCUT2D eigenvalue weighted by atomic mass is 10.1. The molecule has 0 aliphatic carbocycles. The van der Waals surface area contributed by atoms with Gasteiger partial charge in [-0.1, -0.05) is 30.3 Å². The zero-order valence-electron chi connectivity index (χ0n) is 11.5. The van der Waals surface area contributed by atoms with Crippen LogP contribution in [0.5, 0.6) is 5.75 Å². The van der Waals surface area contributed by atoms with Crippen molar-refractivity contribution in [1.82, 2.24) is 0 Å². The molecule has 0 saturated heterocycles. The van der Waals surface area contributed by atoms with Crippen LogP contribution in [0.25, 0.3) is 0 Å². The van der Waals surface area contributed by atoms with Gasteiger partial charge in [0.05, 0.1) is 6.61 Å². The molecule has 2 heteroatoms. The molecule has 0 N–H and O–H groups in total. The van der Waals surface area contributed by atoms with Gasteiger partial charge in [-0.25, -0.2) is 0 Å². The highest BCUT2D eigenvalue weighted by Gasteiger charge is 1.96. The Morgan fingerprint density at radius 3 is 2.30 bits per heavy atom. The first-order chi connectivity index (χ1) is 9.88. The quantitative estimate of drug-likeness (QED) is 0.677. The molecule has 2 rings (SSSR count). The molecule has 0 saturated carbocycles. The molecule has 2 aromatic rings. The Morgan fingerprint density at radius 2 is 1.60 bits per heavy atom. The van der Waals surface area contributed by atoms with Gasteiger partial charge in [0.15, 0.2) is 0 Å². The van der Waals surface area contributed by atoms with Gasteiger partial charge in [-0.2, -0.15) is 0 Å². The third-order valence-corrected chi connectivity index (χ3v) is 3.19. The van der Waals surface area contributed by atoms with Crippen LogP contribution in [0.3, 0.4) is 0 Å². The van der Waals surface area contributed by atoms with Crippen molar-refractivity contribution in [1.29, 1.82) is 0 Å². The number of carbonyl (C=O) groups excluding carboxylic acids is 1. The number of rotatable bonds is 8. The van der Waals surface area contributed by atoms with Crippen molar-refractivity contribution < 1.29 is 9.53 Å². The van der Waals surface area contributed by atoms with E-state index in [2.05, 4.69) is 24.3 Å². The average Bonchev–Trinajstić information content (AvgIpc) is 2.52. The second-order valence-corrected chi connectivity index (χ2v) is 4.77. The van der Waals surface area contributed by atoms with Gasteiger partial charge >= 0.3 is 0 Å². The number of hydrogen-bond acceptors (Lipinski definition) is 2. The van der Waals surface area contributed by atoms with E-state index in [0.717, 1.165) is 31.6 Å². The third kappa shape index (κ3) is 4.88. The summed E-state index contributed by atoms with van der Waals surface area (Å²) < 4.78 is 5.63. The molecule has 20 heavy (non-hydrogen) atoms. The number of benzene rings is 2. The zero-order valence-corrected chi connectivity index (χ0v) is 11.5. The fourth-order valence-corrected chi connectivity index (χ4v) is 2.06. The Bertz CT molecular complexity index is 503. The fourth-order valence-electron chi connectivity index (χ4n) is 2.06.